The van der Waals surface area contributed by atoms with E-state index in [2.05, 4.69) is 12.0 Å². The van der Waals surface area contributed by atoms with Gasteiger partial charge in [-0.15, -0.1) is 5.10 Å². The Balaban J connectivity index is 2.04. The highest BCUT2D eigenvalue weighted by atomic mass is 35.5. The van der Waals surface area contributed by atoms with Crippen molar-refractivity contribution in [1.29, 1.82) is 0 Å². The summed E-state index contributed by atoms with van der Waals surface area (Å²) >= 11 is 6.17. The number of carbonyl (C=O) groups is 2. The van der Waals surface area contributed by atoms with Crippen molar-refractivity contribution < 1.29 is 14.3 Å². The van der Waals surface area contributed by atoms with E-state index >= 15 is 0 Å². The Morgan fingerprint density at radius 3 is 2.52 bits per heavy atom. The van der Waals surface area contributed by atoms with Crippen LogP contribution in [0.4, 0.5) is 5.82 Å². The number of carbonyl (C=O) groups excluding carboxylic acids is 2. The predicted octanol–water partition coefficient (Wildman–Crippen LogP) is 5.58. The molecule has 1 heterocycles. The molecule has 6 nitrogen and oxygen atoms in total. The number of aryl methyl sites for hydroxylation is 1. The number of ether oxygens (including phenoxy) is 1. The summed E-state index contributed by atoms with van der Waals surface area (Å²) < 4.78 is 6.90. The molecule has 7 heteroatoms. The van der Waals surface area contributed by atoms with Gasteiger partial charge in [0, 0.05) is 23.2 Å². The van der Waals surface area contributed by atoms with Gasteiger partial charge in [0.15, 0.2) is 5.82 Å². The van der Waals surface area contributed by atoms with E-state index in [1.807, 2.05) is 32.9 Å². The Hall–Kier alpha value is -2.34. The van der Waals surface area contributed by atoms with Crippen molar-refractivity contribution >= 4 is 29.3 Å². The molecule has 1 amide bonds. The molecule has 1 saturated carbocycles. The van der Waals surface area contributed by atoms with Crippen LogP contribution in [0.5, 0.6) is 0 Å². The first-order chi connectivity index (χ1) is 14.7. The number of nitrogens with zero attached hydrogens (tertiary/aromatic N) is 3. The highest BCUT2D eigenvalue weighted by Gasteiger charge is 2.34. The molecule has 1 fully saturated rings. The molecule has 3 rings (SSSR count). The fourth-order valence-electron chi connectivity index (χ4n) is 4.11. The number of esters is 1. The summed E-state index contributed by atoms with van der Waals surface area (Å²) in [6.07, 6.45) is 5.48. The molecule has 0 bridgehead atoms. The highest BCUT2D eigenvalue weighted by molar-refractivity contribution is 6.31. The summed E-state index contributed by atoms with van der Waals surface area (Å²) in [5.41, 5.74) is 1.96. The molecule has 0 aliphatic heterocycles. The third kappa shape index (κ3) is 5.12. The minimum Gasteiger partial charge on any atom is -0.462 e. The van der Waals surface area contributed by atoms with Gasteiger partial charge in [-0.1, -0.05) is 18.5 Å². The highest BCUT2D eigenvalue weighted by Crippen LogP contribution is 2.33. The quantitative estimate of drug-likeness (QED) is 0.544. The van der Waals surface area contributed by atoms with E-state index in [1.165, 1.54) is 0 Å². The van der Waals surface area contributed by atoms with Gasteiger partial charge in [0.05, 0.1) is 12.3 Å². The van der Waals surface area contributed by atoms with Gasteiger partial charge in [-0.3, -0.25) is 9.69 Å². The molecule has 0 saturated heterocycles. The second-order valence-corrected chi connectivity index (χ2v) is 9.13. The molecule has 31 heavy (non-hydrogen) atoms. The van der Waals surface area contributed by atoms with Crippen molar-refractivity contribution in [1.82, 2.24) is 9.78 Å². The van der Waals surface area contributed by atoms with Crippen LogP contribution in [0.25, 0.3) is 5.69 Å². The van der Waals surface area contributed by atoms with Gasteiger partial charge in [-0.25, -0.2) is 9.48 Å². The number of amides is 1. The molecule has 168 valence electrons. The predicted molar refractivity (Wildman–Crippen MR) is 123 cm³/mol. The van der Waals surface area contributed by atoms with Crippen molar-refractivity contribution in [2.24, 2.45) is 11.8 Å². The summed E-state index contributed by atoms with van der Waals surface area (Å²) in [4.78, 5) is 28.0. The van der Waals surface area contributed by atoms with Crippen molar-refractivity contribution in [3.63, 3.8) is 0 Å². The Morgan fingerprint density at radius 2 is 1.94 bits per heavy atom. The Morgan fingerprint density at radius 1 is 1.26 bits per heavy atom. The monoisotopic (exact) mass is 445 g/mol. The first kappa shape index (κ1) is 23.3. The molecule has 0 N–H and O–H groups in total. The van der Waals surface area contributed by atoms with E-state index in [0.29, 0.717) is 22.3 Å². The van der Waals surface area contributed by atoms with Gasteiger partial charge in [-0.05, 0) is 83.1 Å². The smallest absolute Gasteiger partial charge is 0.343 e. The second kappa shape index (κ2) is 9.86. The number of aromatic nitrogens is 2. The van der Waals surface area contributed by atoms with Crippen LogP contribution in [0.15, 0.2) is 24.4 Å². The average molecular weight is 446 g/mol. The van der Waals surface area contributed by atoms with Crippen LogP contribution in [0.3, 0.4) is 0 Å². The zero-order valence-corrected chi connectivity index (χ0v) is 19.8. The van der Waals surface area contributed by atoms with Gasteiger partial charge in [0.2, 0.25) is 5.91 Å². The van der Waals surface area contributed by atoms with Crippen molar-refractivity contribution in [2.75, 3.05) is 11.5 Å². The molecular formula is C24H32ClN3O3. The van der Waals surface area contributed by atoms with Crippen LogP contribution >= 0.6 is 11.6 Å². The lowest BCUT2D eigenvalue weighted by molar-refractivity contribution is -0.123. The molecule has 1 aliphatic carbocycles. The Labute approximate surface area is 189 Å². The minimum atomic E-state index is -0.481. The molecule has 1 aromatic carbocycles. The molecule has 1 aromatic heterocycles. The van der Waals surface area contributed by atoms with Crippen LogP contribution in [-0.2, 0) is 9.53 Å². The lowest BCUT2D eigenvalue weighted by Gasteiger charge is -2.32. The van der Waals surface area contributed by atoms with Gasteiger partial charge in [-0.2, -0.15) is 0 Å². The number of halogens is 1. The van der Waals surface area contributed by atoms with E-state index in [-0.39, 0.29) is 24.5 Å². The molecular weight excluding hydrogens is 414 g/mol. The second-order valence-electron chi connectivity index (χ2n) is 8.72. The number of rotatable bonds is 6. The van der Waals surface area contributed by atoms with Crippen molar-refractivity contribution in [2.45, 2.75) is 66.3 Å². The largest absolute Gasteiger partial charge is 0.462 e. The van der Waals surface area contributed by atoms with Gasteiger partial charge >= 0.3 is 5.97 Å². The van der Waals surface area contributed by atoms with Crippen LogP contribution < -0.4 is 4.90 Å². The number of hydrogen-bond acceptors (Lipinski definition) is 4. The summed E-state index contributed by atoms with van der Waals surface area (Å²) in [5.74, 6) is 0.510. The van der Waals surface area contributed by atoms with Crippen LogP contribution in [-0.4, -0.2) is 34.3 Å². The van der Waals surface area contributed by atoms with Crippen LogP contribution in [0, 0.1) is 18.8 Å². The van der Waals surface area contributed by atoms with Gasteiger partial charge in [0.1, 0.15) is 5.56 Å². The molecule has 0 spiro atoms. The molecule has 0 unspecified atom stereocenters. The van der Waals surface area contributed by atoms with Crippen molar-refractivity contribution in [3.8, 4) is 5.69 Å². The van der Waals surface area contributed by atoms with Gasteiger partial charge in [0.25, 0.3) is 0 Å². The first-order valence-electron chi connectivity index (χ1n) is 11.1. The molecule has 2 aromatic rings. The normalized spacial score (nSPS) is 18.8. The number of anilines is 1. The summed E-state index contributed by atoms with van der Waals surface area (Å²) in [6.45, 7) is 10.1. The maximum Gasteiger partial charge on any atom is 0.343 e. The zero-order valence-electron chi connectivity index (χ0n) is 19.0. The third-order valence-electron chi connectivity index (χ3n) is 5.94. The summed E-state index contributed by atoms with van der Waals surface area (Å²) in [6, 6.07) is 5.39. The number of benzene rings is 1. The maximum atomic E-state index is 13.5. The third-order valence-corrected chi connectivity index (χ3v) is 6.37. The van der Waals surface area contributed by atoms with Crippen molar-refractivity contribution in [3.05, 3.63) is 40.5 Å². The molecule has 0 radical (unpaired) electrons. The van der Waals surface area contributed by atoms with E-state index in [9.17, 15) is 9.59 Å². The lowest BCUT2D eigenvalue weighted by Crippen LogP contribution is -2.43. The summed E-state index contributed by atoms with van der Waals surface area (Å²) in [7, 11) is 0. The first-order valence-corrected chi connectivity index (χ1v) is 11.5. The SMILES string of the molecule is CCOC(=O)c1cn(-c2ccc(Cl)c(C)c2)nc1N(C(=O)[C@H]1CC[C@H](C)CC1)C(C)C. The summed E-state index contributed by atoms with van der Waals surface area (Å²) in [5, 5.41) is 5.34. The standard InChI is InChI=1S/C24H32ClN3O3/c1-6-31-24(30)20-14-27(19-11-12-21(25)17(5)13-19)26-22(20)28(15(2)3)23(29)18-9-7-16(4)8-10-18/h11-16,18H,6-10H2,1-5H3/t16-,18-. The van der Waals surface area contributed by atoms with E-state index < -0.39 is 5.97 Å². The minimum absolute atomic E-state index is 0.0324. The van der Waals surface area contributed by atoms with E-state index in [1.54, 1.807) is 28.8 Å². The van der Waals surface area contributed by atoms with Crippen LogP contribution in [0.1, 0.15) is 69.3 Å². The van der Waals surface area contributed by atoms with E-state index in [0.717, 1.165) is 36.9 Å². The fraction of sp³-hybridized carbons (Fsp3) is 0.542. The maximum absolute atomic E-state index is 13.5. The lowest BCUT2D eigenvalue weighted by atomic mass is 9.82. The fourth-order valence-corrected chi connectivity index (χ4v) is 4.22. The topological polar surface area (TPSA) is 64.4 Å². The van der Waals surface area contributed by atoms with E-state index in [4.69, 9.17) is 16.3 Å². The molecule has 1 aliphatic rings. The van der Waals surface area contributed by atoms with Crippen LogP contribution in [0.2, 0.25) is 5.02 Å². The Kier molecular flexibility index (Phi) is 7.42. The zero-order chi connectivity index (χ0) is 22.7. The Bertz CT molecular complexity index is 946. The number of hydrogen-bond donors (Lipinski definition) is 0. The average Bonchev–Trinajstić information content (AvgIpc) is 3.15. The van der Waals surface area contributed by atoms with Gasteiger partial charge < -0.3 is 4.74 Å². The molecule has 0 atom stereocenters.